The highest BCUT2D eigenvalue weighted by Gasteiger charge is 2.19. The summed E-state index contributed by atoms with van der Waals surface area (Å²) in [4.78, 5) is 0. The van der Waals surface area contributed by atoms with Gasteiger partial charge in [-0.15, -0.1) is 0 Å². The smallest absolute Gasteiger partial charge is 0.0468 e. The third kappa shape index (κ3) is 5.85. The van der Waals surface area contributed by atoms with Gasteiger partial charge in [0.25, 0.3) is 0 Å². The van der Waals surface area contributed by atoms with Gasteiger partial charge in [0, 0.05) is 13.2 Å². The maximum absolute atomic E-state index is 5.89. The molecule has 112 valence electrons. The third-order valence-electron chi connectivity index (χ3n) is 5.61. The Labute approximate surface area is 120 Å². The average molecular weight is 266 g/mol. The molecule has 0 aromatic carbocycles. The number of ether oxygens (including phenoxy) is 1. The van der Waals surface area contributed by atoms with Crippen molar-refractivity contribution in [1.82, 2.24) is 0 Å². The van der Waals surface area contributed by atoms with E-state index in [1.165, 1.54) is 64.2 Å². The van der Waals surface area contributed by atoms with Crippen LogP contribution in [0.2, 0.25) is 0 Å². The zero-order chi connectivity index (χ0) is 13.5. The monoisotopic (exact) mass is 266 g/mol. The van der Waals surface area contributed by atoms with Gasteiger partial charge in [0.05, 0.1) is 0 Å². The summed E-state index contributed by atoms with van der Waals surface area (Å²) in [5.74, 6) is 3.88. The van der Waals surface area contributed by atoms with E-state index in [0.29, 0.717) is 0 Å². The van der Waals surface area contributed by atoms with Gasteiger partial charge in [0.15, 0.2) is 0 Å². The van der Waals surface area contributed by atoms with Crippen LogP contribution in [0.5, 0.6) is 0 Å². The first-order chi connectivity index (χ1) is 9.24. The molecule has 0 saturated heterocycles. The van der Waals surface area contributed by atoms with Gasteiger partial charge in [-0.25, -0.2) is 0 Å². The minimum atomic E-state index is 0.965. The van der Waals surface area contributed by atoms with E-state index >= 15 is 0 Å². The Hall–Kier alpha value is -0.0400. The minimum Gasteiger partial charge on any atom is -0.381 e. The summed E-state index contributed by atoms with van der Waals surface area (Å²) in [5, 5.41) is 0. The Morgan fingerprint density at radius 2 is 1.00 bits per heavy atom. The Morgan fingerprint density at radius 3 is 1.37 bits per heavy atom. The third-order valence-corrected chi connectivity index (χ3v) is 5.61. The van der Waals surface area contributed by atoms with Crippen LogP contribution in [0.1, 0.15) is 78.1 Å². The topological polar surface area (TPSA) is 9.23 Å². The van der Waals surface area contributed by atoms with E-state index in [9.17, 15) is 0 Å². The standard InChI is InChI=1S/C18H34O/c1-15-3-7-17(8-4-15)11-13-19-14-12-18-9-5-16(2)6-10-18/h15-18H,3-14H2,1-2H3. The zero-order valence-corrected chi connectivity index (χ0v) is 13.2. The van der Waals surface area contributed by atoms with E-state index in [1.54, 1.807) is 0 Å². The molecule has 2 aliphatic rings. The number of hydrogen-bond acceptors (Lipinski definition) is 1. The number of rotatable bonds is 6. The fourth-order valence-corrected chi connectivity index (χ4v) is 3.84. The van der Waals surface area contributed by atoms with Crippen molar-refractivity contribution in [1.29, 1.82) is 0 Å². The highest BCUT2D eigenvalue weighted by molar-refractivity contribution is 4.71. The van der Waals surface area contributed by atoms with Crippen LogP contribution in [0.3, 0.4) is 0 Å². The summed E-state index contributed by atoms with van der Waals surface area (Å²) in [6.45, 7) is 6.83. The van der Waals surface area contributed by atoms with E-state index in [4.69, 9.17) is 4.74 Å². The van der Waals surface area contributed by atoms with Crippen LogP contribution in [-0.2, 0) is 4.74 Å². The molecule has 1 heteroatoms. The fourth-order valence-electron chi connectivity index (χ4n) is 3.84. The molecule has 2 rings (SSSR count). The molecule has 19 heavy (non-hydrogen) atoms. The van der Waals surface area contributed by atoms with Gasteiger partial charge in [-0.2, -0.15) is 0 Å². The maximum Gasteiger partial charge on any atom is 0.0468 e. The van der Waals surface area contributed by atoms with Crippen molar-refractivity contribution in [2.75, 3.05) is 13.2 Å². The Bertz CT molecular complexity index is 198. The van der Waals surface area contributed by atoms with Crippen molar-refractivity contribution < 1.29 is 4.74 Å². The Balaban J connectivity index is 1.44. The molecule has 0 bridgehead atoms. The van der Waals surface area contributed by atoms with Crippen LogP contribution >= 0.6 is 0 Å². The van der Waals surface area contributed by atoms with Gasteiger partial charge < -0.3 is 4.74 Å². The molecule has 0 aromatic heterocycles. The predicted octanol–water partition coefficient (Wildman–Crippen LogP) is 5.44. The molecule has 0 amide bonds. The summed E-state index contributed by atoms with van der Waals surface area (Å²) in [6.07, 6.45) is 14.2. The highest BCUT2D eigenvalue weighted by atomic mass is 16.5. The first-order valence-corrected chi connectivity index (χ1v) is 8.81. The summed E-state index contributed by atoms with van der Waals surface area (Å²) >= 11 is 0. The molecule has 2 saturated carbocycles. The van der Waals surface area contributed by atoms with Crippen LogP contribution in [0.15, 0.2) is 0 Å². The molecule has 0 radical (unpaired) electrons. The predicted molar refractivity (Wildman–Crippen MR) is 82.3 cm³/mol. The van der Waals surface area contributed by atoms with Gasteiger partial charge >= 0.3 is 0 Å². The second-order valence-corrected chi connectivity index (χ2v) is 7.44. The molecule has 0 heterocycles. The Morgan fingerprint density at radius 1 is 0.632 bits per heavy atom. The maximum atomic E-state index is 5.89. The molecule has 2 aliphatic carbocycles. The van der Waals surface area contributed by atoms with Crippen molar-refractivity contribution >= 4 is 0 Å². The van der Waals surface area contributed by atoms with Gasteiger partial charge in [-0.3, -0.25) is 0 Å². The summed E-state index contributed by atoms with van der Waals surface area (Å²) in [5.41, 5.74) is 0. The lowest BCUT2D eigenvalue weighted by molar-refractivity contribution is 0.0926. The molecule has 0 aliphatic heterocycles. The zero-order valence-electron chi connectivity index (χ0n) is 13.2. The first-order valence-electron chi connectivity index (χ1n) is 8.81. The average Bonchev–Trinajstić information content (AvgIpc) is 2.43. The van der Waals surface area contributed by atoms with E-state index in [-0.39, 0.29) is 0 Å². The molecular formula is C18H34O. The van der Waals surface area contributed by atoms with Gasteiger partial charge in [0.1, 0.15) is 0 Å². The van der Waals surface area contributed by atoms with Crippen LogP contribution in [0.25, 0.3) is 0 Å². The van der Waals surface area contributed by atoms with E-state index < -0.39 is 0 Å². The van der Waals surface area contributed by atoms with Crippen LogP contribution < -0.4 is 0 Å². The van der Waals surface area contributed by atoms with Crippen LogP contribution in [0, 0.1) is 23.7 Å². The van der Waals surface area contributed by atoms with Crippen molar-refractivity contribution in [3.8, 4) is 0 Å². The van der Waals surface area contributed by atoms with Crippen molar-refractivity contribution in [2.45, 2.75) is 78.1 Å². The molecule has 0 aromatic rings. The quantitative estimate of drug-likeness (QED) is 0.582. The van der Waals surface area contributed by atoms with Crippen molar-refractivity contribution in [3.05, 3.63) is 0 Å². The normalized spacial score (nSPS) is 36.3. The van der Waals surface area contributed by atoms with E-state index in [0.717, 1.165) is 36.9 Å². The molecule has 2 fully saturated rings. The van der Waals surface area contributed by atoms with Gasteiger partial charge in [-0.05, 0) is 36.5 Å². The second kappa shape index (κ2) is 8.29. The largest absolute Gasteiger partial charge is 0.381 e. The molecule has 0 atom stereocenters. The Kier molecular flexibility index (Phi) is 6.70. The lowest BCUT2D eigenvalue weighted by Crippen LogP contribution is -2.16. The van der Waals surface area contributed by atoms with Crippen molar-refractivity contribution in [3.63, 3.8) is 0 Å². The van der Waals surface area contributed by atoms with E-state index in [2.05, 4.69) is 13.8 Å². The first kappa shape index (κ1) is 15.4. The molecule has 0 spiro atoms. The molecule has 0 N–H and O–H groups in total. The molecule has 1 nitrogen and oxygen atoms in total. The van der Waals surface area contributed by atoms with Crippen molar-refractivity contribution in [2.24, 2.45) is 23.7 Å². The fraction of sp³-hybridized carbons (Fsp3) is 1.00. The van der Waals surface area contributed by atoms with E-state index in [1.807, 2.05) is 0 Å². The lowest BCUT2D eigenvalue weighted by Gasteiger charge is -2.27. The summed E-state index contributed by atoms with van der Waals surface area (Å²) < 4.78 is 5.89. The molecular weight excluding hydrogens is 232 g/mol. The van der Waals surface area contributed by atoms with Gasteiger partial charge in [-0.1, -0.05) is 65.2 Å². The summed E-state index contributed by atoms with van der Waals surface area (Å²) in [6, 6.07) is 0. The van der Waals surface area contributed by atoms with Crippen LogP contribution in [0.4, 0.5) is 0 Å². The minimum absolute atomic E-state index is 0.965. The van der Waals surface area contributed by atoms with Gasteiger partial charge in [0.2, 0.25) is 0 Å². The lowest BCUT2D eigenvalue weighted by atomic mass is 9.81. The highest BCUT2D eigenvalue weighted by Crippen LogP contribution is 2.31. The molecule has 0 unspecified atom stereocenters. The summed E-state index contributed by atoms with van der Waals surface area (Å²) in [7, 11) is 0. The second-order valence-electron chi connectivity index (χ2n) is 7.44. The number of hydrogen-bond donors (Lipinski definition) is 0. The van der Waals surface area contributed by atoms with Crippen LogP contribution in [-0.4, -0.2) is 13.2 Å². The SMILES string of the molecule is CC1CCC(CCOCCC2CCC(C)CC2)CC1.